The normalized spacial score (nSPS) is 12.8. The highest BCUT2D eigenvalue weighted by molar-refractivity contribution is 5.61. The number of hydrogen-bond acceptors (Lipinski definition) is 4. The lowest BCUT2D eigenvalue weighted by Crippen LogP contribution is -2.21. The Labute approximate surface area is 141 Å². The molecule has 23 heavy (non-hydrogen) atoms. The molecule has 0 radical (unpaired) electrons. The van der Waals surface area contributed by atoms with E-state index in [0.717, 1.165) is 25.2 Å². The molecule has 130 valence electrons. The highest BCUT2D eigenvalue weighted by Gasteiger charge is 2.15. The minimum Gasteiger partial charge on any atom is -0.491 e. The van der Waals surface area contributed by atoms with E-state index in [2.05, 4.69) is 51.6 Å². The van der Waals surface area contributed by atoms with E-state index < -0.39 is 0 Å². The quantitative estimate of drug-likeness (QED) is 0.564. The molecule has 0 saturated heterocycles. The van der Waals surface area contributed by atoms with E-state index in [1.807, 2.05) is 18.2 Å². The predicted molar refractivity (Wildman–Crippen MR) is 98.2 cm³/mol. The largest absolute Gasteiger partial charge is 0.491 e. The molecular weight excluding hydrogens is 286 g/mol. The molecule has 1 N–H and O–H groups in total. The van der Waals surface area contributed by atoms with Crippen LogP contribution < -0.4 is 9.64 Å². The van der Waals surface area contributed by atoms with Crippen LogP contribution in [0.4, 0.5) is 11.4 Å². The molecule has 4 nitrogen and oxygen atoms in total. The Hall–Kier alpha value is -1.58. The van der Waals surface area contributed by atoms with Gasteiger partial charge >= 0.3 is 0 Å². The fraction of sp³-hybridized carbons (Fsp3) is 0.684. The van der Waals surface area contributed by atoms with Crippen molar-refractivity contribution in [3.63, 3.8) is 0 Å². The fourth-order valence-electron chi connectivity index (χ4n) is 3.01. The van der Waals surface area contributed by atoms with Crippen LogP contribution in [0.2, 0.25) is 0 Å². The van der Waals surface area contributed by atoms with E-state index >= 15 is 0 Å². The van der Waals surface area contributed by atoms with Crippen molar-refractivity contribution in [3.05, 3.63) is 18.2 Å². The van der Waals surface area contributed by atoms with Crippen molar-refractivity contribution in [1.29, 1.82) is 5.53 Å². The van der Waals surface area contributed by atoms with Gasteiger partial charge in [0.2, 0.25) is 0 Å². The summed E-state index contributed by atoms with van der Waals surface area (Å²) in [7, 11) is 0. The average Bonchev–Trinajstić information content (AvgIpc) is 2.47. The first kappa shape index (κ1) is 19.5. The van der Waals surface area contributed by atoms with E-state index in [9.17, 15) is 0 Å². The summed E-state index contributed by atoms with van der Waals surface area (Å²) in [6.07, 6.45) is 2.20. The molecule has 0 bridgehead atoms. The third-order valence-electron chi connectivity index (χ3n) is 4.02. The van der Waals surface area contributed by atoms with Crippen molar-refractivity contribution in [3.8, 4) is 5.75 Å². The van der Waals surface area contributed by atoms with Gasteiger partial charge < -0.3 is 9.64 Å². The van der Waals surface area contributed by atoms with Gasteiger partial charge in [0, 0.05) is 24.8 Å². The number of benzene rings is 1. The molecule has 1 atom stereocenters. The van der Waals surface area contributed by atoms with Crippen LogP contribution >= 0.6 is 0 Å². The van der Waals surface area contributed by atoms with Gasteiger partial charge in [-0.1, -0.05) is 27.7 Å². The Balaban J connectivity index is 2.71. The summed E-state index contributed by atoms with van der Waals surface area (Å²) in [5.74, 6) is 1.34. The third kappa shape index (κ3) is 6.59. The maximum atomic E-state index is 7.32. The van der Waals surface area contributed by atoms with E-state index in [-0.39, 0.29) is 0 Å². The Morgan fingerprint density at radius 2 is 1.87 bits per heavy atom. The van der Waals surface area contributed by atoms with Crippen molar-refractivity contribution in [2.75, 3.05) is 24.6 Å². The first-order valence-corrected chi connectivity index (χ1v) is 8.70. The zero-order valence-electron chi connectivity index (χ0n) is 15.6. The van der Waals surface area contributed by atoms with Gasteiger partial charge in [-0.05, 0) is 50.2 Å². The van der Waals surface area contributed by atoms with Crippen LogP contribution in [0.15, 0.2) is 23.3 Å². The Bertz CT molecular complexity index is 490. The average molecular weight is 319 g/mol. The second-order valence-corrected chi connectivity index (χ2v) is 7.44. The maximum absolute atomic E-state index is 7.32. The monoisotopic (exact) mass is 319 g/mol. The standard InChI is InChI=1S/C19H33N3O/c1-7-22(8-2)16-9-10-17(21-20)18(13-16)23-12-11-15(3)14-19(4,5)6/h9-10,13,15,20H,7-8,11-12,14H2,1-6H3. The minimum atomic E-state index is 0.351. The van der Waals surface area contributed by atoms with Crippen molar-refractivity contribution >= 4 is 11.4 Å². The smallest absolute Gasteiger partial charge is 0.148 e. The number of nitrogens with one attached hydrogen (secondary N) is 1. The van der Waals surface area contributed by atoms with Crippen molar-refractivity contribution < 1.29 is 4.74 Å². The summed E-state index contributed by atoms with van der Waals surface area (Å²) in [6, 6.07) is 5.89. The molecule has 1 aromatic rings. The van der Waals surface area contributed by atoms with Gasteiger partial charge in [0.25, 0.3) is 0 Å². The third-order valence-corrected chi connectivity index (χ3v) is 4.02. The molecule has 1 aromatic carbocycles. The van der Waals surface area contributed by atoms with Gasteiger partial charge in [0.15, 0.2) is 0 Å². The van der Waals surface area contributed by atoms with Gasteiger partial charge in [-0.3, -0.25) is 0 Å². The lowest BCUT2D eigenvalue weighted by Gasteiger charge is -2.24. The summed E-state index contributed by atoms with van der Waals surface area (Å²) in [6.45, 7) is 15.9. The molecule has 0 aliphatic heterocycles. The lowest BCUT2D eigenvalue weighted by atomic mass is 9.84. The zero-order valence-corrected chi connectivity index (χ0v) is 15.6. The van der Waals surface area contributed by atoms with Crippen LogP contribution in [0.1, 0.15) is 54.4 Å². The number of anilines is 1. The van der Waals surface area contributed by atoms with Gasteiger partial charge in [0.05, 0.1) is 6.61 Å². The topological polar surface area (TPSA) is 48.7 Å². The first-order chi connectivity index (χ1) is 10.8. The second-order valence-electron chi connectivity index (χ2n) is 7.44. The molecule has 0 spiro atoms. The molecule has 0 aromatic heterocycles. The van der Waals surface area contributed by atoms with Crippen LogP contribution in [-0.2, 0) is 0 Å². The summed E-state index contributed by atoms with van der Waals surface area (Å²) < 4.78 is 5.95. The van der Waals surface area contributed by atoms with Crippen molar-refractivity contribution in [1.82, 2.24) is 0 Å². The fourth-order valence-corrected chi connectivity index (χ4v) is 3.01. The van der Waals surface area contributed by atoms with Gasteiger partial charge in [0.1, 0.15) is 11.4 Å². The molecule has 1 unspecified atom stereocenters. The van der Waals surface area contributed by atoms with E-state index in [0.29, 0.717) is 29.4 Å². The van der Waals surface area contributed by atoms with E-state index in [4.69, 9.17) is 10.3 Å². The molecular formula is C19H33N3O. The number of ether oxygens (including phenoxy) is 1. The van der Waals surface area contributed by atoms with Gasteiger partial charge in [-0.25, -0.2) is 5.53 Å². The predicted octanol–water partition coefficient (Wildman–Crippen LogP) is 6.04. The van der Waals surface area contributed by atoms with Crippen LogP contribution in [0.5, 0.6) is 5.75 Å². The number of rotatable bonds is 9. The Morgan fingerprint density at radius 3 is 2.39 bits per heavy atom. The SMILES string of the molecule is CCN(CC)c1ccc(N=N)c(OCCC(C)CC(C)(C)C)c1. The highest BCUT2D eigenvalue weighted by Crippen LogP contribution is 2.33. The summed E-state index contributed by atoms with van der Waals surface area (Å²) in [5.41, 5.74) is 9.40. The highest BCUT2D eigenvalue weighted by atomic mass is 16.5. The number of hydrogen-bond donors (Lipinski definition) is 1. The summed E-state index contributed by atoms with van der Waals surface area (Å²) in [5, 5.41) is 3.59. The summed E-state index contributed by atoms with van der Waals surface area (Å²) in [4.78, 5) is 2.27. The number of nitrogens with zero attached hydrogens (tertiary/aromatic N) is 2. The first-order valence-electron chi connectivity index (χ1n) is 8.70. The molecule has 0 saturated carbocycles. The van der Waals surface area contributed by atoms with E-state index in [1.165, 1.54) is 6.42 Å². The van der Waals surface area contributed by atoms with Crippen LogP contribution in [0.3, 0.4) is 0 Å². The zero-order chi connectivity index (χ0) is 17.5. The molecule has 0 aliphatic carbocycles. The molecule has 0 amide bonds. The van der Waals surface area contributed by atoms with Gasteiger partial charge in [-0.15, -0.1) is 0 Å². The Morgan fingerprint density at radius 1 is 1.22 bits per heavy atom. The van der Waals surface area contributed by atoms with Crippen molar-refractivity contribution in [2.45, 2.75) is 54.4 Å². The van der Waals surface area contributed by atoms with Crippen LogP contribution in [-0.4, -0.2) is 19.7 Å². The Kier molecular flexibility index (Phi) is 7.53. The molecule has 4 heteroatoms. The second kappa shape index (κ2) is 8.90. The molecule has 1 rings (SSSR count). The van der Waals surface area contributed by atoms with E-state index in [1.54, 1.807) is 0 Å². The van der Waals surface area contributed by atoms with Crippen LogP contribution in [0.25, 0.3) is 0 Å². The maximum Gasteiger partial charge on any atom is 0.148 e. The minimum absolute atomic E-state index is 0.351. The van der Waals surface area contributed by atoms with Crippen molar-refractivity contribution in [2.24, 2.45) is 16.4 Å². The lowest BCUT2D eigenvalue weighted by molar-refractivity contribution is 0.241. The van der Waals surface area contributed by atoms with Crippen LogP contribution in [0, 0.1) is 16.9 Å². The molecule has 0 heterocycles. The summed E-state index contributed by atoms with van der Waals surface area (Å²) >= 11 is 0. The molecule has 0 fully saturated rings. The molecule has 0 aliphatic rings. The van der Waals surface area contributed by atoms with Gasteiger partial charge in [-0.2, -0.15) is 5.11 Å².